The van der Waals surface area contributed by atoms with Gasteiger partial charge in [0.15, 0.2) is 5.76 Å². The lowest BCUT2D eigenvalue weighted by Crippen LogP contribution is -1.94. The molecule has 0 amide bonds. The van der Waals surface area contributed by atoms with E-state index >= 15 is 0 Å². The topological polar surface area (TPSA) is 46.3 Å². The van der Waals surface area contributed by atoms with Crippen LogP contribution in [0.1, 0.15) is 5.56 Å². The third kappa shape index (κ3) is 2.70. The van der Waals surface area contributed by atoms with Gasteiger partial charge in [0.25, 0.3) is 0 Å². The molecular weight excluding hydrogens is 314 g/mol. The fourth-order valence-electron chi connectivity index (χ4n) is 2.23. The lowest BCUT2D eigenvalue weighted by molar-refractivity contribution is 0.281. The maximum atomic E-state index is 13.9. The number of halogens is 4. The van der Waals surface area contributed by atoms with Crippen molar-refractivity contribution < 1.29 is 27.2 Å². The van der Waals surface area contributed by atoms with Crippen LogP contribution in [0.25, 0.3) is 22.6 Å². The third-order valence-electron chi connectivity index (χ3n) is 3.31. The minimum absolute atomic E-state index is 0.0148. The number of aliphatic hydroxyl groups is 1. The van der Waals surface area contributed by atoms with Crippen molar-refractivity contribution in [1.82, 2.24) is 5.16 Å². The molecule has 0 aliphatic heterocycles. The Hall–Kier alpha value is -2.67. The van der Waals surface area contributed by atoms with Gasteiger partial charge >= 0.3 is 0 Å². The summed E-state index contributed by atoms with van der Waals surface area (Å²) in [6.45, 7) is -0.623. The molecule has 0 bridgehead atoms. The standard InChI is InChI=1S/C16H9F4NO2/c17-8-1-3-10(13(19)5-8)15-12(7-22)16(23-21-15)11-4-2-9(18)6-14(11)20/h1-6,22H,7H2. The summed E-state index contributed by atoms with van der Waals surface area (Å²) in [6.07, 6.45) is 0. The number of nitrogens with zero attached hydrogens (tertiary/aromatic N) is 1. The molecule has 0 saturated heterocycles. The van der Waals surface area contributed by atoms with E-state index in [9.17, 15) is 22.7 Å². The van der Waals surface area contributed by atoms with Crippen LogP contribution < -0.4 is 0 Å². The van der Waals surface area contributed by atoms with Gasteiger partial charge in [-0.05, 0) is 24.3 Å². The zero-order valence-electron chi connectivity index (χ0n) is 11.5. The molecule has 0 radical (unpaired) electrons. The Balaban J connectivity index is 2.17. The SMILES string of the molecule is OCc1c(-c2ccc(F)cc2F)noc1-c1ccc(F)cc1F. The lowest BCUT2D eigenvalue weighted by atomic mass is 10.0. The average Bonchev–Trinajstić information content (AvgIpc) is 2.90. The summed E-state index contributed by atoms with van der Waals surface area (Å²) in [4.78, 5) is 0. The molecule has 0 fully saturated rings. The van der Waals surface area contributed by atoms with E-state index in [0.717, 1.165) is 24.3 Å². The summed E-state index contributed by atoms with van der Waals surface area (Å²) in [5.74, 6) is -3.52. The van der Waals surface area contributed by atoms with Gasteiger partial charge in [-0.3, -0.25) is 0 Å². The van der Waals surface area contributed by atoms with Crippen LogP contribution in [0.3, 0.4) is 0 Å². The maximum absolute atomic E-state index is 13.9. The minimum Gasteiger partial charge on any atom is -0.391 e. The highest BCUT2D eigenvalue weighted by Gasteiger charge is 2.23. The van der Waals surface area contributed by atoms with E-state index in [-0.39, 0.29) is 28.1 Å². The van der Waals surface area contributed by atoms with Crippen molar-refractivity contribution in [2.45, 2.75) is 6.61 Å². The zero-order valence-corrected chi connectivity index (χ0v) is 11.5. The monoisotopic (exact) mass is 323 g/mol. The van der Waals surface area contributed by atoms with E-state index in [1.165, 1.54) is 0 Å². The number of aromatic nitrogens is 1. The van der Waals surface area contributed by atoms with Crippen molar-refractivity contribution in [3.05, 3.63) is 65.2 Å². The molecule has 0 aliphatic rings. The Kier molecular flexibility index (Phi) is 3.87. The predicted molar refractivity (Wildman–Crippen MR) is 73.1 cm³/mol. The summed E-state index contributed by atoms with van der Waals surface area (Å²) in [6, 6.07) is 5.59. The summed E-state index contributed by atoms with van der Waals surface area (Å²) >= 11 is 0. The maximum Gasteiger partial charge on any atom is 0.175 e. The van der Waals surface area contributed by atoms with Crippen molar-refractivity contribution in [3.8, 4) is 22.6 Å². The predicted octanol–water partition coefficient (Wildman–Crippen LogP) is 4.06. The van der Waals surface area contributed by atoms with Crippen LogP contribution in [0.4, 0.5) is 17.6 Å². The van der Waals surface area contributed by atoms with Crippen LogP contribution in [0.5, 0.6) is 0 Å². The molecule has 3 aromatic rings. The van der Waals surface area contributed by atoms with E-state index in [1.54, 1.807) is 0 Å². The van der Waals surface area contributed by atoms with E-state index in [1.807, 2.05) is 0 Å². The summed E-state index contributed by atoms with van der Waals surface area (Å²) < 4.78 is 58.7. The fraction of sp³-hybridized carbons (Fsp3) is 0.0625. The van der Waals surface area contributed by atoms with Gasteiger partial charge in [-0.15, -0.1) is 0 Å². The van der Waals surface area contributed by atoms with Crippen molar-refractivity contribution >= 4 is 0 Å². The highest BCUT2D eigenvalue weighted by Crippen LogP contribution is 2.34. The summed E-state index contributed by atoms with van der Waals surface area (Å²) in [5, 5.41) is 13.1. The first kappa shape index (κ1) is 15.2. The van der Waals surface area contributed by atoms with Crippen LogP contribution in [-0.2, 0) is 6.61 Å². The van der Waals surface area contributed by atoms with Crippen molar-refractivity contribution in [2.24, 2.45) is 0 Å². The van der Waals surface area contributed by atoms with Gasteiger partial charge in [0.1, 0.15) is 29.0 Å². The largest absolute Gasteiger partial charge is 0.391 e. The van der Waals surface area contributed by atoms with Crippen molar-refractivity contribution in [2.75, 3.05) is 0 Å². The van der Waals surface area contributed by atoms with Gasteiger partial charge in [0.05, 0.1) is 17.7 Å². The quantitative estimate of drug-likeness (QED) is 0.740. The zero-order chi connectivity index (χ0) is 16.6. The second kappa shape index (κ2) is 5.85. The Morgan fingerprint density at radius 1 is 0.870 bits per heavy atom. The van der Waals surface area contributed by atoms with E-state index in [2.05, 4.69) is 5.16 Å². The number of rotatable bonds is 3. The Morgan fingerprint density at radius 2 is 1.43 bits per heavy atom. The van der Waals surface area contributed by atoms with Gasteiger partial charge < -0.3 is 9.63 Å². The molecule has 1 aromatic heterocycles. The van der Waals surface area contributed by atoms with Crippen LogP contribution >= 0.6 is 0 Å². The first-order chi connectivity index (χ1) is 11.0. The van der Waals surface area contributed by atoms with E-state index in [4.69, 9.17) is 4.52 Å². The Bertz CT molecular complexity index is 808. The molecular formula is C16H9F4NO2. The molecule has 3 rings (SSSR count). The Labute approximate surface area is 127 Å². The smallest absolute Gasteiger partial charge is 0.175 e. The fourth-order valence-corrected chi connectivity index (χ4v) is 2.23. The minimum atomic E-state index is -0.915. The summed E-state index contributed by atoms with van der Waals surface area (Å²) in [7, 11) is 0. The van der Waals surface area contributed by atoms with E-state index < -0.39 is 29.9 Å². The highest BCUT2D eigenvalue weighted by atomic mass is 19.1. The van der Waals surface area contributed by atoms with Crippen LogP contribution in [0.2, 0.25) is 0 Å². The highest BCUT2D eigenvalue weighted by molar-refractivity contribution is 5.73. The van der Waals surface area contributed by atoms with Crippen LogP contribution in [-0.4, -0.2) is 10.3 Å². The van der Waals surface area contributed by atoms with E-state index in [0.29, 0.717) is 12.1 Å². The first-order valence-electron chi connectivity index (χ1n) is 6.51. The second-order valence-electron chi connectivity index (χ2n) is 4.75. The number of hydrogen-bond acceptors (Lipinski definition) is 3. The van der Waals surface area contributed by atoms with Crippen LogP contribution in [0.15, 0.2) is 40.9 Å². The molecule has 1 N–H and O–H groups in total. The number of benzene rings is 2. The normalized spacial score (nSPS) is 11.0. The molecule has 3 nitrogen and oxygen atoms in total. The molecule has 1 heterocycles. The van der Waals surface area contributed by atoms with Gasteiger partial charge in [-0.1, -0.05) is 5.16 Å². The summed E-state index contributed by atoms with van der Waals surface area (Å²) in [5.41, 5.74) is -0.297. The van der Waals surface area contributed by atoms with Gasteiger partial charge in [0, 0.05) is 17.7 Å². The molecule has 0 aliphatic carbocycles. The third-order valence-corrected chi connectivity index (χ3v) is 3.31. The first-order valence-corrected chi connectivity index (χ1v) is 6.51. The second-order valence-corrected chi connectivity index (χ2v) is 4.75. The average molecular weight is 323 g/mol. The van der Waals surface area contributed by atoms with Gasteiger partial charge in [0.2, 0.25) is 0 Å². The molecule has 2 aromatic carbocycles. The lowest BCUT2D eigenvalue weighted by Gasteiger charge is -2.04. The van der Waals surface area contributed by atoms with Crippen molar-refractivity contribution in [1.29, 1.82) is 0 Å². The molecule has 0 spiro atoms. The number of aliphatic hydroxyl groups excluding tert-OH is 1. The Morgan fingerprint density at radius 3 is 1.96 bits per heavy atom. The van der Waals surface area contributed by atoms with Gasteiger partial charge in [-0.2, -0.15) is 0 Å². The number of hydrogen-bond donors (Lipinski definition) is 1. The van der Waals surface area contributed by atoms with Crippen LogP contribution in [0, 0.1) is 23.3 Å². The molecule has 23 heavy (non-hydrogen) atoms. The molecule has 118 valence electrons. The molecule has 0 saturated carbocycles. The molecule has 0 unspecified atom stereocenters. The van der Waals surface area contributed by atoms with Gasteiger partial charge in [-0.25, -0.2) is 17.6 Å². The molecule has 0 atom stereocenters. The van der Waals surface area contributed by atoms with Crippen molar-refractivity contribution in [3.63, 3.8) is 0 Å². The molecule has 7 heteroatoms.